The number of carbonyl (C=O) groups excluding carboxylic acids is 1. The summed E-state index contributed by atoms with van der Waals surface area (Å²) in [6.45, 7) is 11.2. The van der Waals surface area contributed by atoms with E-state index in [2.05, 4.69) is 36.2 Å². The molecule has 7 heteroatoms. The van der Waals surface area contributed by atoms with Crippen molar-refractivity contribution in [1.29, 1.82) is 0 Å². The number of carbonyl (C=O) groups is 1. The molecule has 172 valence electrons. The number of hydrogen-bond acceptors (Lipinski definition) is 6. The van der Waals surface area contributed by atoms with Crippen LogP contribution in [0.15, 0.2) is 41.9 Å². The SMILES string of the molecule is CCOc1ccc([C@@H]2C(C(=O)O[C@@H]3C[C@@H](C)CC[C@@H]3C(C)C)=C(C)Nc3ncnn32)cc1. The van der Waals surface area contributed by atoms with Crippen molar-refractivity contribution in [2.45, 2.75) is 66.0 Å². The first-order chi connectivity index (χ1) is 15.4. The summed E-state index contributed by atoms with van der Waals surface area (Å²) in [5.74, 6) is 2.56. The quantitative estimate of drug-likeness (QED) is 0.642. The maximum absolute atomic E-state index is 13.6. The zero-order valence-corrected chi connectivity index (χ0v) is 19.7. The van der Waals surface area contributed by atoms with Crippen LogP contribution < -0.4 is 10.1 Å². The Morgan fingerprint density at radius 2 is 2.00 bits per heavy atom. The second-order valence-electron chi connectivity index (χ2n) is 9.37. The number of rotatable bonds is 6. The summed E-state index contributed by atoms with van der Waals surface area (Å²) < 4.78 is 13.6. The number of hydrogen-bond donors (Lipinski definition) is 1. The van der Waals surface area contributed by atoms with Gasteiger partial charge in [-0.05, 0) is 62.1 Å². The Hall–Kier alpha value is -2.83. The van der Waals surface area contributed by atoms with Crippen LogP contribution in [-0.2, 0) is 9.53 Å². The predicted octanol–water partition coefficient (Wildman–Crippen LogP) is 4.97. The maximum atomic E-state index is 13.6. The van der Waals surface area contributed by atoms with Gasteiger partial charge in [-0.3, -0.25) is 0 Å². The molecule has 0 unspecified atom stereocenters. The van der Waals surface area contributed by atoms with E-state index in [0.717, 1.165) is 29.9 Å². The normalized spacial score (nSPS) is 25.3. The van der Waals surface area contributed by atoms with Crippen LogP contribution in [0, 0.1) is 17.8 Å². The molecule has 0 spiro atoms. The fraction of sp³-hybridized carbons (Fsp3) is 0.560. The van der Waals surface area contributed by atoms with Gasteiger partial charge in [0.15, 0.2) is 0 Å². The van der Waals surface area contributed by atoms with Gasteiger partial charge in [-0.25, -0.2) is 9.48 Å². The number of nitrogens with zero attached hydrogens (tertiary/aromatic N) is 3. The van der Waals surface area contributed by atoms with E-state index < -0.39 is 6.04 Å². The van der Waals surface area contributed by atoms with E-state index in [0.29, 0.717) is 35.9 Å². The van der Waals surface area contributed by atoms with Crippen LogP contribution in [0.3, 0.4) is 0 Å². The lowest BCUT2D eigenvalue weighted by atomic mass is 9.75. The van der Waals surface area contributed by atoms with Crippen molar-refractivity contribution < 1.29 is 14.3 Å². The topological polar surface area (TPSA) is 78.3 Å². The fourth-order valence-corrected chi connectivity index (χ4v) is 5.03. The van der Waals surface area contributed by atoms with Crippen molar-refractivity contribution >= 4 is 11.9 Å². The van der Waals surface area contributed by atoms with Gasteiger partial charge in [0.1, 0.15) is 24.2 Å². The number of nitrogens with one attached hydrogen (secondary N) is 1. The number of benzene rings is 1. The molecule has 0 bridgehead atoms. The standard InChI is InChI=1S/C25H34N4O3/c1-6-31-19-10-8-18(9-11-19)23-22(17(5)28-25-26-14-27-29(23)25)24(30)32-21-13-16(4)7-12-20(21)15(2)3/h8-11,14-16,20-21,23H,6-7,12-13H2,1-5H3,(H,26,27,28)/t16-,20+,21+,23+/m0/s1. The van der Waals surface area contributed by atoms with Crippen LogP contribution in [0.25, 0.3) is 0 Å². The highest BCUT2D eigenvalue weighted by atomic mass is 16.5. The second-order valence-corrected chi connectivity index (χ2v) is 9.37. The summed E-state index contributed by atoms with van der Waals surface area (Å²) >= 11 is 0. The average molecular weight is 439 g/mol. The van der Waals surface area contributed by atoms with Gasteiger partial charge in [0, 0.05) is 5.70 Å². The molecule has 1 N–H and O–H groups in total. The van der Waals surface area contributed by atoms with Crippen LogP contribution in [0.5, 0.6) is 5.75 Å². The number of esters is 1. The third-order valence-corrected chi connectivity index (χ3v) is 6.74. The number of anilines is 1. The highest BCUT2D eigenvalue weighted by molar-refractivity contribution is 5.92. The number of fused-ring (bicyclic) bond motifs is 1. The third kappa shape index (κ3) is 4.38. The van der Waals surface area contributed by atoms with Crippen molar-refractivity contribution in [2.24, 2.45) is 17.8 Å². The summed E-state index contributed by atoms with van der Waals surface area (Å²) in [5.41, 5.74) is 2.26. The molecule has 0 amide bonds. The molecule has 1 saturated carbocycles. The number of allylic oxidation sites excluding steroid dienone is 1. The van der Waals surface area contributed by atoms with E-state index in [1.807, 2.05) is 38.1 Å². The Labute approximate surface area is 190 Å². The lowest BCUT2D eigenvalue weighted by molar-refractivity contribution is -0.151. The van der Waals surface area contributed by atoms with Crippen LogP contribution in [-0.4, -0.2) is 33.4 Å². The monoisotopic (exact) mass is 438 g/mol. The molecular formula is C25H34N4O3. The van der Waals surface area contributed by atoms with Crippen LogP contribution in [0.1, 0.15) is 65.5 Å². The third-order valence-electron chi connectivity index (χ3n) is 6.74. The molecule has 4 rings (SSSR count). The molecule has 1 aliphatic carbocycles. The van der Waals surface area contributed by atoms with Crippen LogP contribution in [0.2, 0.25) is 0 Å². The summed E-state index contributed by atoms with van der Waals surface area (Å²) in [5, 5.41) is 7.64. The zero-order valence-electron chi connectivity index (χ0n) is 19.7. The minimum atomic E-state index is -0.407. The van der Waals surface area contributed by atoms with Crippen LogP contribution in [0.4, 0.5) is 5.95 Å². The van der Waals surface area contributed by atoms with E-state index in [1.54, 1.807) is 4.68 Å². The second kappa shape index (κ2) is 9.35. The average Bonchev–Trinajstić information content (AvgIpc) is 3.21. The summed E-state index contributed by atoms with van der Waals surface area (Å²) in [4.78, 5) is 17.9. The molecule has 0 radical (unpaired) electrons. The van der Waals surface area contributed by atoms with Crippen molar-refractivity contribution in [2.75, 3.05) is 11.9 Å². The lowest BCUT2D eigenvalue weighted by Gasteiger charge is -2.37. The van der Waals surface area contributed by atoms with Gasteiger partial charge in [-0.15, -0.1) is 0 Å². The molecular weight excluding hydrogens is 404 g/mol. The minimum absolute atomic E-state index is 0.0651. The molecule has 1 aromatic heterocycles. The smallest absolute Gasteiger partial charge is 0.338 e. The van der Waals surface area contributed by atoms with Crippen LogP contribution >= 0.6 is 0 Å². The molecule has 32 heavy (non-hydrogen) atoms. The Bertz CT molecular complexity index is 979. The highest BCUT2D eigenvalue weighted by Crippen LogP contribution is 2.39. The van der Waals surface area contributed by atoms with Gasteiger partial charge in [0.25, 0.3) is 0 Å². The van der Waals surface area contributed by atoms with E-state index >= 15 is 0 Å². The van der Waals surface area contributed by atoms with Crippen molar-refractivity contribution in [3.63, 3.8) is 0 Å². The Morgan fingerprint density at radius 3 is 2.69 bits per heavy atom. The van der Waals surface area contributed by atoms with Gasteiger partial charge in [0.05, 0.1) is 12.2 Å². The van der Waals surface area contributed by atoms with Gasteiger partial charge in [-0.1, -0.05) is 39.3 Å². The summed E-state index contributed by atoms with van der Waals surface area (Å²) in [6.07, 6.45) is 4.64. The molecule has 1 aliphatic heterocycles. The van der Waals surface area contributed by atoms with Gasteiger partial charge >= 0.3 is 5.97 Å². The molecule has 2 heterocycles. The first-order valence-electron chi connectivity index (χ1n) is 11.7. The molecule has 7 nitrogen and oxygen atoms in total. The fourth-order valence-electron chi connectivity index (χ4n) is 5.03. The number of aromatic nitrogens is 3. The van der Waals surface area contributed by atoms with Gasteiger partial charge in [-0.2, -0.15) is 10.1 Å². The molecule has 4 atom stereocenters. The minimum Gasteiger partial charge on any atom is -0.494 e. The zero-order chi connectivity index (χ0) is 22.8. The Morgan fingerprint density at radius 1 is 1.25 bits per heavy atom. The first kappa shape index (κ1) is 22.4. The molecule has 1 fully saturated rings. The Kier molecular flexibility index (Phi) is 6.53. The van der Waals surface area contributed by atoms with Gasteiger partial charge < -0.3 is 14.8 Å². The first-order valence-corrected chi connectivity index (χ1v) is 11.7. The molecule has 0 saturated heterocycles. The summed E-state index contributed by atoms with van der Waals surface area (Å²) in [6, 6.07) is 7.40. The van der Waals surface area contributed by atoms with E-state index in [-0.39, 0.29) is 12.1 Å². The molecule has 2 aromatic rings. The van der Waals surface area contributed by atoms with Gasteiger partial charge in [0.2, 0.25) is 5.95 Å². The largest absolute Gasteiger partial charge is 0.494 e. The molecule has 1 aromatic carbocycles. The molecule has 2 aliphatic rings. The highest BCUT2D eigenvalue weighted by Gasteiger charge is 2.38. The lowest BCUT2D eigenvalue weighted by Crippen LogP contribution is -2.38. The predicted molar refractivity (Wildman–Crippen MR) is 123 cm³/mol. The Balaban J connectivity index is 1.66. The van der Waals surface area contributed by atoms with E-state index in [9.17, 15) is 4.79 Å². The van der Waals surface area contributed by atoms with E-state index in [4.69, 9.17) is 9.47 Å². The number of ether oxygens (including phenoxy) is 2. The summed E-state index contributed by atoms with van der Waals surface area (Å²) in [7, 11) is 0. The van der Waals surface area contributed by atoms with Crippen molar-refractivity contribution in [3.05, 3.63) is 47.4 Å². The van der Waals surface area contributed by atoms with Crippen molar-refractivity contribution in [3.8, 4) is 5.75 Å². The van der Waals surface area contributed by atoms with E-state index in [1.165, 1.54) is 12.7 Å². The van der Waals surface area contributed by atoms with Crippen molar-refractivity contribution in [1.82, 2.24) is 14.8 Å². The maximum Gasteiger partial charge on any atom is 0.338 e.